The number of nitrogens with zero attached hydrogens (tertiary/aromatic N) is 4. The SMILES string of the molecule is c1ccc(-c2cc[n+](C3CCC4SC3CCC4[n+]3ccc(-c4ccccn4)cc3)cc2)nc1. The van der Waals surface area contributed by atoms with Crippen molar-refractivity contribution in [2.75, 3.05) is 0 Å². The van der Waals surface area contributed by atoms with Crippen LogP contribution in [0.5, 0.6) is 0 Å². The number of rotatable bonds is 4. The van der Waals surface area contributed by atoms with Gasteiger partial charge in [0.1, 0.15) is 0 Å². The van der Waals surface area contributed by atoms with Crippen molar-refractivity contribution >= 4 is 11.8 Å². The predicted molar refractivity (Wildman–Crippen MR) is 131 cm³/mol. The van der Waals surface area contributed by atoms with E-state index in [9.17, 15) is 0 Å². The second-order valence-corrected chi connectivity index (χ2v) is 10.5. The Bertz CT molecular complexity index is 1100. The van der Waals surface area contributed by atoms with Crippen molar-refractivity contribution in [3.63, 3.8) is 0 Å². The van der Waals surface area contributed by atoms with E-state index in [0.717, 1.165) is 11.4 Å². The third-order valence-corrected chi connectivity index (χ3v) is 8.89. The maximum atomic E-state index is 4.48. The van der Waals surface area contributed by atoms with Crippen LogP contribution in [0.1, 0.15) is 37.8 Å². The average molecular weight is 453 g/mol. The van der Waals surface area contributed by atoms with Crippen LogP contribution < -0.4 is 9.13 Å². The van der Waals surface area contributed by atoms with E-state index < -0.39 is 0 Å². The number of thioether (sulfide) groups is 1. The lowest BCUT2D eigenvalue weighted by molar-refractivity contribution is -0.733. The highest BCUT2D eigenvalue weighted by Crippen LogP contribution is 2.47. The number of hydrogen-bond donors (Lipinski definition) is 0. The van der Waals surface area contributed by atoms with E-state index in [1.807, 2.05) is 36.7 Å². The molecule has 0 aromatic carbocycles. The van der Waals surface area contributed by atoms with Gasteiger partial charge < -0.3 is 0 Å². The van der Waals surface area contributed by atoms with Crippen LogP contribution in [0.15, 0.2) is 97.8 Å². The molecule has 4 unspecified atom stereocenters. The molecule has 2 saturated heterocycles. The van der Waals surface area contributed by atoms with Crippen molar-refractivity contribution in [3.05, 3.63) is 97.8 Å². The summed E-state index contributed by atoms with van der Waals surface area (Å²) in [5.41, 5.74) is 4.44. The van der Waals surface area contributed by atoms with E-state index >= 15 is 0 Å². The van der Waals surface area contributed by atoms with Crippen molar-refractivity contribution in [1.29, 1.82) is 0 Å². The number of fused-ring (bicyclic) bond motifs is 2. The highest BCUT2D eigenvalue weighted by molar-refractivity contribution is 8.00. The minimum Gasteiger partial charge on any atom is -0.256 e. The van der Waals surface area contributed by atoms with Gasteiger partial charge in [-0.05, 0) is 37.1 Å². The molecule has 4 nitrogen and oxygen atoms in total. The van der Waals surface area contributed by atoms with Crippen molar-refractivity contribution in [2.45, 2.75) is 48.3 Å². The molecular formula is C28H28N4S+2. The van der Waals surface area contributed by atoms with Gasteiger partial charge in [-0.25, -0.2) is 9.13 Å². The summed E-state index contributed by atoms with van der Waals surface area (Å²) in [5.74, 6) is 0. The second kappa shape index (κ2) is 9.06. The first-order valence-electron chi connectivity index (χ1n) is 11.8. The molecule has 0 amide bonds. The molecule has 2 aliphatic rings. The molecule has 6 rings (SSSR count). The molecule has 2 aliphatic heterocycles. The molecule has 0 spiro atoms. The van der Waals surface area contributed by atoms with E-state index in [0.29, 0.717) is 22.6 Å². The van der Waals surface area contributed by atoms with Gasteiger partial charge >= 0.3 is 0 Å². The van der Waals surface area contributed by atoms with Crippen LogP contribution in [0.4, 0.5) is 0 Å². The highest BCUT2D eigenvalue weighted by atomic mass is 32.2. The minimum absolute atomic E-state index is 0.585. The summed E-state index contributed by atoms with van der Waals surface area (Å²) >= 11 is 2.21. The number of aromatic nitrogens is 4. The molecule has 5 heteroatoms. The van der Waals surface area contributed by atoms with Gasteiger partial charge in [-0.15, -0.1) is 11.8 Å². The highest BCUT2D eigenvalue weighted by Gasteiger charge is 2.46. The van der Waals surface area contributed by atoms with E-state index in [2.05, 4.69) is 92.0 Å². The van der Waals surface area contributed by atoms with Crippen LogP contribution in [0.2, 0.25) is 0 Å². The Hall–Kier alpha value is -3.05. The van der Waals surface area contributed by atoms with Crippen LogP contribution >= 0.6 is 11.8 Å². The fourth-order valence-electron chi connectivity index (χ4n) is 5.38. The number of pyridine rings is 4. The normalized spacial score (nSPS) is 24.4. The summed E-state index contributed by atoms with van der Waals surface area (Å²) in [7, 11) is 0. The first-order valence-corrected chi connectivity index (χ1v) is 12.8. The van der Waals surface area contributed by atoms with Gasteiger partial charge in [-0.1, -0.05) is 12.1 Å². The van der Waals surface area contributed by atoms with Crippen molar-refractivity contribution in [1.82, 2.24) is 9.97 Å². The molecular weight excluding hydrogens is 424 g/mol. The Kier molecular flexibility index (Phi) is 5.64. The fourth-order valence-corrected chi connectivity index (χ4v) is 7.29. The van der Waals surface area contributed by atoms with Crippen LogP contribution in [0, 0.1) is 0 Å². The van der Waals surface area contributed by atoms with E-state index in [1.54, 1.807) is 0 Å². The third kappa shape index (κ3) is 4.18. The maximum Gasteiger partial charge on any atom is 0.170 e. The quantitative estimate of drug-likeness (QED) is 0.398. The standard InChI is InChI=1S/C28H28N4S/c1-3-15-29-23(5-1)21-11-17-31(18-12-21)25-7-9-28-26(8-10-27(25)33-28)32-19-13-22(14-20-32)24-6-2-4-16-30-24/h1-6,11-20,25-28H,7-10H2/q+2. The Balaban J connectivity index is 1.14. The zero-order valence-corrected chi connectivity index (χ0v) is 19.4. The van der Waals surface area contributed by atoms with Gasteiger partial charge in [0.05, 0.1) is 21.9 Å². The molecule has 33 heavy (non-hydrogen) atoms. The summed E-state index contributed by atoms with van der Waals surface area (Å²) in [6, 6.07) is 22.2. The van der Waals surface area contributed by atoms with Crippen molar-refractivity contribution in [3.8, 4) is 22.5 Å². The van der Waals surface area contributed by atoms with Crippen molar-refractivity contribution in [2.24, 2.45) is 0 Å². The number of hydrogen-bond acceptors (Lipinski definition) is 3. The summed E-state index contributed by atoms with van der Waals surface area (Å²) in [6.45, 7) is 0. The fraction of sp³-hybridized carbons (Fsp3) is 0.286. The van der Waals surface area contributed by atoms with Crippen molar-refractivity contribution < 1.29 is 9.13 Å². The molecule has 0 N–H and O–H groups in total. The molecule has 164 valence electrons. The Morgan fingerprint density at radius 1 is 0.576 bits per heavy atom. The average Bonchev–Trinajstić information content (AvgIpc) is 2.90. The molecule has 4 aromatic rings. The lowest BCUT2D eigenvalue weighted by Gasteiger charge is -2.38. The molecule has 0 saturated carbocycles. The topological polar surface area (TPSA) is 33.5 Å². The molecule has 2 fully saturated rings. The smallest absolute Gasteiger partial charge is 0.170 e. The first kappa shape index (κ1) is 20.5. The molecule has 4 atom stereocenters. The first-order chi connectivity index (χ1) is 16.3. The summed E-state index contributed by atoms with van der Waals surface area (Å²) < 4.78 is 4.88. The summed E-state index contributed by atoms with van der Waals surface area (Å²) in [5, 5.41) is 1.39. The maximum absolute atomic E-state index is 4.48. The molecule has 0 radical (unpaired) electrons. The van der Waals surface area contributed by atoms with Crippen LogP contribution in [-0.4, -0.2) is 20.5 Å². The minimum atomic E-state index is 0.585. The third-order valence-electron chi connectivity index (χ3n) is 7.09. The van der Waals surface area contributed by atoms with E-state index in [1.165, 1.54) is 36.8 Å². The summed E-state index contributed by atoms with van der Waals surface area (Å²) in [4.78, 5) is 8.96. The van der Waals surface area contributed by atoms with Crippen LogP contribution in [0.3, 0.4) is 0 Å². The zero-order valence-electron chi connectivity index (χ0n) is 18.6. The van der Waals surface area contributed by atoms with Gasteiger partial charge in [0.2, 0.25) is 0 Å². The Labute approximate surface area is 199 Å². The predicted octanol–water partition coefficient (Wildman–Crippen LogP) is 5.23. The Morgan fingerprint density at radius 3 is 1.42 bits per heavy atom. The zero-order chi connectivity index (χ0) is 22.0. The Morgan fingerprint density at radius 2 is 1.03 bits per heavy atom. The van der Waals surface area contributed by atoms with Gasteiger partial charge in [0.15, 0.2) is 36.9 Å². The molecule has 4 aromatic heterocycles. The van der Waals surface area contributed by atoms with Gasteiger partial charge in [-0.2, -0.15) is 0 Å². The van der Waals surface area contributed by atoms with Gasteiger partial charge in [-0.3, -0.25) is 9.97 Å². The lowest BCUT2D eigenvalue weighted by Crippen LogP contribution is -2.54. The summed E-state index contributed by atoms with van der Waals surface area (Å²) in [6.07, 6.45) is 17.8. The van der Waals surface area contributed by atoms with Gasteiger partial charge in [0.25, 0.3) is 0 Å². The van der Waals surface area contributed by atoms with Gasteiger partial charge in [0, 0.05) is 60.6 Å². The second-order valence-electron chi connectivity index (χ2n) is 9.00. The lowest BCUT2D eigenvalue weighted by atomic mass is 9.91. The largest absolute Gasteiger partial charge is 0.256 e. The monoisotopic (exact) mass is 452 g/mol. The van der Waals surface area contributed by atoms with Crippen LogP contribution in [-0.2, 0) is 0 Å². The molecule has 2 bridgehead atoms. The molecule has 6 heterocycles. The van der Waals surface area contributed by atoms with E-state index in [-0.39, 0.29) is 0 Å². The van der Waals surface area contributed by atoms with Crippen LogP contribution in [0.25, 0.3) is 22.5 Å². The van der Waals surface area contributed by atoms with E-state index in [4.69, 9.17) is 0 Å². The molecule has 0 aliphatic carbocycles.